The van der Waals surface area contributed by atoms with Gasteiger partial charge in [-0.15, -0.1) is 0 Å². The standard InChI is InChI=1S/C42H78NO2/c1-5-7-9-11-13-15-17-19-21-23-25-27-29-31-33-35-37-44-41-39-43(3,4)40-42(41)45-38-36-34-32-30-28-26-24-22-20-18-16-14-12-10-8-6-2/h13-16,19-22,41-42H,5-12,17-18,23-40H2,1-4H3/q+1/b15-13-,16-14-,21-19-,22-20-/t41-,42+. The molecule has 1 fully saturated rings. The van der Waals surface area contributed by atoms with Crippen LogP contribution < -0.4 is 0 Å². The lowest BCUT2D eigenvalue weighted by Crippen LogP contribution is -2.38. The molecule has 0 aromatic carbocycles. The third-order valence-electron chi connectivity index (χ3n) is 9.12. The third kappa shape index (κ3) is 27.6. The van der Waals surface area contributed by atoms with Crippen LogP contribution in [0.25, 0.3) is 0 Å². The summed E-state index contributed by atoms with van der Waals surface area (Å²) >= 11 is 0. The number of unbranched alkanes of at least 4 members (excludes halogenated alkanes) is 18. The Morgan fingerprint density at radius 3 is 1.09 bits per heavy atom. The van der Waals surface area contributed by atoms with Gasteiger partial charge in [0.25, 0.3) is 0 Å². The molecule has 3 nitrogen and oxygen atoms in total. The van der Waals surface area contributed by atoms with Crippen LogP contribution in [0.1, 0.15) is 168 Å². The van der Waals surface area contributed by atoms with Gasteiger partial charge in [0.2, 0.25) is 0 Å². The highest BCUT2D eigenvalue weighted by molar-refractivity contribution is 4.93. The van der Waals surface area contributed by atoms with Gasteiger partial charge in [-0.25, -0.2) is 0 Å². The Kier molecular flexibility index (Phi) is 29.2. The van der Waals surface area contributed by atoms with Gasteiger partial charge < -0.3 is 14.0 Å². The van der Waals surface area contributed by atoms with Crippen LogP contribution in [0.4, 0.5) is 0 Å². The van der Waals surface area contributed by atoms with E-state index in [1.165, 1.54) is 141 Å². The van der Waals surface area contributed by atoms with Crippen LogP contribution in [0.3, 0.4) is 0 Å². The van der Waals surface area contributed by atoms with Crippen LogP contribution in [-0.2, 0) is 9.47 Å². The first-order valence-corrected chi connectivity index (χ1v) is 19.7. The molecule has 1 aliphatic heterocycles. The third-order valence-corrected chi connectivity index (χ3v) is 9.12. The van der Waals surface area contributed by atoms with Gasteiger partial charge in [-0.1, -0.05) is 140 Å². The van der Waals surface area contributed by atoms with Crippen molar-refractivity contribution in [2.45, 2.75) is 180 Å². The van der Waals surface area contributed by atoms with Crippen LogP contribution in [0.5, 0.6) is 0 Å². The second-order valence-corrected chi connectivity index (χ2v) is 14.3. The number of hydrogen-bond donors (Lipinski definition) is 0. The zero-order valence-electron chi connectivity index (χ0n) is 30.8. The number of quaternary nitrogens is 1. The zero-order valence-corrected chi connectivity index (χ0v) is 30.8. The molecule has 2 atom stereocenters. The van der Waals surface area contributed by atoms with Crippen LogP contribution in [0, 0.1) is 0 Å². The van der Waals surface area contributed by atoms with E-state index in [2.05, 4.69) is 76.6 Å². The number of likely N-dealkylation sites (tertiary alicyclic amines) is 1. The summed E-state index contributed by atoms with van der Waals surface area (Å²) in [4.78, 5) is 0. The first-order chi connectivity index (χ1) is 22.1. The molecule has 262 valence electrons. The van der Waals surface area contributed by atoms with E-state index in [1.54, 1.807) is 0 Å². The molecule has 3 heteroatoms. The Morgan fingerprint density at radius 1 is 0.422 bits per heavy atom. The Labute approximate surface area is 282 Å². The van der Waals surface area contributed by atoms with E-state index in [0.29, 0.717) is 0 Å². The normalized spacial score (nSPS) is 18.6. The van der Waals surface area contributed by atoms with E-state index < -0.39 is 0 Å². The van der Waals surface area contributed by atoms with Crippen molar-refractivity contribution < 1.29 is 14.0 Å². The molecule has 0 aromatic rings. The quantitative estimate of drug-likeness (QED) is 0.0419. The number of nitrogens with zero attached hydrogens (tertiary/aromatic N) is 1. The van der Waals surface area contributed by atoms with Crippen molar-refractivity contribution in [1.29, 1.82) is 0 Å². The number of ether oxygens (including phenoxy) is 2. The minimum atomic E-state index is 0.266. The molecule has 0 aromatic heterocycles. The fourth-order valence-corrected chi connectivity index (χ4v) is 6.25. The maximum absolute atomic E-state index is 6.39. The van der Waals surface area contributed by atoms with Crippen molar-refractivity contribution in [3.63, 3.8) is 0 Å². The van der Waals surface area contributed by atoms with Crippen LogP contribution in [0.2, 0.25) is 0 Å². The van der Waals surface area contributed by atoms with Gasteiger partial charge in [0, 0.05) is 13.2 Å². The fourth-order valence-electron chi connectivity index (χ4n) is 6.25. The lowest BCUT2D eigenvalue weighted by atomic mass is 10.1. The highest BCUT2D eigenvalue weighted by atomic mass is 16.5. The van der Waals surface area contributed by atoms with Crippen LogP contribution in [-0.4, -0.2) is 57.1 Å². The van der Waals surface area contributed by atoms with E-state index in [1.807, 2.05) is 0 Å². The second-order valence-electron chi connectivity index (χ2n) is 14.3. The van der Waals surface area contributed by atoms with E-state index in [-0.39, 0.29) is 12.2 Å². The van der Waals surface area contributed by atoms with Crippen molar-refractivity contribution in [3.05, 3.63) is 48.6 Å². The van der Waals surface area contributed by atoms with Crippen molar-refractivity contribution in [1.82, 2.24) is 0 Å². The predicted molar refractivity (Wildman–Crippen MR) is 200 cm³/mol. The summed E-state index contributed by atoms with van der Waals surface area (Å²) < 4.78 is 13.8. The summed E-state index contributed by atoms with van der Waals surface area (Å²) in [6, 6.07) is 0. The number of allylic oxidation sites excluding steroid dienone is 8. The average Bonchev–Trinajstić information content (AvgIpc) is 3.32. The molecular formula is C42H78NO2+. The predicted octanol–water partition coefficient (Wildman–Crippen LogP) is 12.5. The molecule has 0 radical (unpaired) electrons. The van der Waals surface area contributed by atoms with Gasteiger partial charge in [-0.05, 0) is 77.0 Å². The van der Waals surface area contributed by atoms with Crippen LogP contribution >= 0.6 is 0 Å². The molecule has 1 saturated heterocycles. The Morgan fingerprint density at radius 2 is 0.733 bits per heavy atom. The first-order valence-electron chi connectivity index (χ1n) is 19.7. The molecule has 0 spiro atoms. The molecule has 0 saturated carbocycles. The fraction of sp³-hybridized carbons (Fsp3) is 0.810. The maximum atomic E-state index is 6.39. The largest absolute Gasteiger partial charge is 0.369 e. The van der Waals surface area contributed by atoms with E-state index in [9.17, 15) is 0 Å². The second kappa shape index (κ2) is 31.4. The molecular weight excluding hydrogens is 550 g/mol. The smallest absolute Gasteiger partial charge is 0.138 e. The van der Waals surface area contributed by atoms with E-state index >= 15 is 0 Å². The summed E-state index contributed by atoms with van der Waals surface area (Å²) in [5, 5.41) is 0. The Balaban J connectivity index is 1.96. The molecule has 0 amide bonds. The van der Waals surface area contributed by atoms with Crippen molar-refractivity contribution in [2.24, 2.45) is 0 Å². The van der Waals surface area contributed by atoms with E-state index in [0.717, 1.165) is 43.6 Å². The van der Waals surface area contributed by atoms with Crippen molar-refractivity contribution >= 4 is 0 Å². The molecule has 0 aliphatic carbocycles. The molecule has 0 N–H and O–H groups in total. The highest BCUT2D eigenvalue weighted by Crippen LogP contribution is 2.22. The molecule has 1 heterocycles. The monoisotopic (exact) mass is 629 g/mol. The van der Waals surface area contributed by atoms with Gasteiger partial charge in [0.05, 0.1) is 14.1 Å². The number of rotatable bonds is 32. The van der Waals surface area contributed by atoms with Crippen molar-refractivity contribution in [2.75, 3.05) is 40.4 Å². The first kappa shape index (κ1) is 41.9. The summed E-state index contributed by atoms with van der Waals surface area (Å²) in [6.07, 6.45) is 50.3. The highest BCUT2D eigenvalue weighted by Gasteiger charge is 2.41. The van der Waals surface area contributed by atoms with Gasteiger partial charge in [-0.2, -0.15) is 0 Å². The molecule has 45 heavy (non-hydrogen) atoms. The molecule has 1 rings (SSSR count). The molecule has 0 bridgehead atoms. The SMILES string of the molecule is CCCCC/C=C\C/C=C\CCCCCCCCO[C@H]1C[N+](C)(C)C[C@H]1OCCCCCCCC/C=C\C/C=C\CCCCC. The zero-order chi connectivity index (χ0) is 32.5. The van der Waals surface area contributed by atoms with Gasteiger partial charge in [-0.3, -0.25) is 0 Å². The minimum absolute atomic E-state index is 0.266. The number of likely N-dealkylation sites (N-methyl/N-ethyl adjacent to an activating group) is 1. The number of hydrogen-bond acceptors (Lipinski definition) is 2. The van der Waals surface area contributed by atoms with E-state index in [4.69, 9.17) is 9.47 Å². The molecule has 1 aliphatic rings. The van der Waals surface area contributed by atoms with Gasteiger partial charge in [0.15, 0.2) is 0 Å². The average molecular weight is 629 g/mol. The van der Waals surface area contributed by atoms with Crippen LogP contribution in [0.15, 0.2) is 48.6 Å². The summed E-state index contributed by atoms with van der Waals surface area (Å²) in [5.41, 5.74) is 0. The topological polar surface area (TPSA) is 18.5 Å². The maximum Gasteiger partial charge on any atom is 0.138 e. The lowest BCUT2D eigenvalue weighted by molar-refractivity contribution is -0.880. The summed E-state index contributed by atoms with van der Waals surface area (Å²) in [7, 11) is 4.64. The lowest BCUT2D eigenvalue weighted by Gasteiger charge is -2.22. The minimum Gasteiger partial charge on any atom is -0.369 e. The van der Waals surface area contributed by atoms with Gasteiger partial charge >= 0.3 is 0 Å². The summed E-state index contributed by atoms with van der Waals surface area (Å²) in [6.45, 7) is 8.48. The van der Waals surface area contributed by atoms with Crippen molar-refractivity contribution in [3.8, 4) is 0 Å². The Hall–Kier alpha value is -1.16. The van der Waals surface area contributed by atoms with Gasteiger partial charge in [0.1, 0.15) is 25.3 Å². The summed E-state index contributed by atoms with van der Waals surface area (Å²) in [5.74, 6) is 0. The molecule has 0 unspecified atom stereocenters. The Bertz CT molecular complexity index is 677.